The smallest absolute Gasteiger partial charge is 0.136 e. The lowest BCUT2D eigenvalue weighted by molar-refractivity contribution is -0.124. The van der Waals surface area contributed by atoms with Crippen LogP contribution >= 0.6 is 0 Å². The van der Waals surface area contributed by atoms with E-state index < -0.39 is 0 Å². The third-order valence-corrected chi connectivity index (χ3v) is 6.96. The first-order valence-corrected chi connectivity index (χ1v) is 12.3. The Morgan fingerprint density at radius 2 is 1.29 bits per heavy atom. The molecule has 0 saturated heterocycles. The van der Waals surface area contributed by atoms with E-state index in [2.05, 4.69) is 117 Å². The molecule has 0 spiro atoms. The third kappa shape index (κ3) is 5.41. The van der Waals surface area contributed by atoms with E-state index >= 15 is 0 Å². The highest BCUT2D eigenvalue weighted by Crippen LogP contribution is 2.38. The number of Topliss-reactive ketones (excluding diaryl/α,β-unsaturated/α-hetero) is 1. The Kier molecular flexibility index (Phi) is 7.52. The number of anilines is 2. The maximum Gasteiger partial charge on any atom is 0.136 e. The summed E-state index contributed by atoms with van der Waals surface area (Å²) in [5, 5.41) is 0. The molecule has 0 aliphatic heterocycles. The van der Waals surface area contributed by atoms with Gasteiger partial charge < -0.3 is 9.80 Å². The summed E-state index contributed by atoms with van der Waals surface area (Å²) in [4.78, 5) is 17.3. The summed E-state index contributed by atoms with van der Waals surface area (Å²) < 4.78 is 0. The highest BCUT2D eigenvalue weighted by Gasteiger charge is 2.30. The molecule has 3 heteroatoms. The van der Waals surface area contributed by atoms with Crippen molar-refractivity contribution in [2.45, 2.75) is 31.6 Å². The van der Waals surface area contributed by atoms with E-state index in [4.69, 9.17) is 0 Å². The molecular weight excluding hydrogens is 416 g/mol. The fourth-order valence-electron chi connectivity index (χ4n) is 4.93. The Hall–Kier alpha value is -3.33. The number of allylic oxidation sites excluding steroid dienone is 1. The SMILES string of the molecule is CN(C)c1ccc(C(=CC(c2ccccc2)C2CCCCC2=O)c2ccc(N(C)C)cc2)cc1. The number of benzene rings is 3. The van der Waals surface area contributed by atoms with Gasteiger partial charge >= 0.3 is 0 Å². The largest absolute Gasteiger partial charge is 0.378 e. The van der Waals surface area contributed by atoms with Crippen LogP contribution in [0.15, 0.2) is 84.9 Å². The molecule has 0 aromatic heterocycles. The van der Waals surface area contributed by atoms with Crippen molar-refractivity contribution in [3.63, 3.8) is 0 Å². The molecule has 4 rings (SSSR count). The van der Waals surface area contributed by atoms with Crippen LogP contribution in [-0.2, 0) is 4.79 Å². The minimum absolute atomic E-state index is 0.0354. The molecule has 3 aromatic carbocycles. The van der Waals surface area contributed by atoms with Gasteiger partial charge in [-0.05, 0) is 59.4 Å². The Morgan fingerprint density at radius 1 is 0.765 bits per heavy atom. The van der Waals surface area contributed by atoms with Gasteiger partial charge in [-0.15, -0.1) is 0 Å². The molecule has 0 bridgehead atoms. The first-order valence-electron chi connectivity index (χ1n) is 12.3. The monoisotopic (exact) mass is 452 g/mol. The number of hydrogen-bond acceptors (Lipinski definition) is 3. The van der Waals surface area contributed by atoms with Gasteiger partial charge in [0.25, 0.3) is 0 Å². The minimum Gasteiger partial charge on any atom is -0.378 e. The summed E-state index contributed by atoms with van der Waals surface area (Å²) in [6.07, 6.45) is 6.16. The zero-order valence-corrected chi connectivity index (χ0v) is 20.9. The van der Waals surface area contributed by atoms with Gasteiger partial charge in [-0.2, -0.15) is 0 Å². The van der Waals surface area contributed by atoms with Crippen LogP contribution in [0.4, 0.5) is 11.4 Å². The first-order chi connectivity index (χ1) is 16.4. The molecule has 176 valence electrons. The van der Waals surface area contributed by atoms with E-state index in [-0.39, 0.29) is 11.8 Å². The quantitative estimate of drug-likeness (QED) is 0.394. The highest BCUT2D eigenvalue weighted by molar-refractivity contribution is 5.85. The van der Waals surface area contributed by atoms with Gasteiger partial charge in [-0.3, -0.25) is 4.79 Å². The third-order valence-electron chi connectivity index (χ3n) is 6.96. The lowest BCUT2D eigenvalue weighted by Crippen LogP contribution is -2.25. The average Bonchev–Trinajstić information content (AvgIpc) is 2.86. The van der Waals surface area contributed by atoms with Crippen molar-refractivity contribution >= 4 is 22.7 Å². The van der Waals surface area contributed by atoms with Crippen LogP contribution in [0.25, 0.3) is 5.57 Å². The molecule has 1 fully saturated rings. The molecular formula is C31H36N2O. The molecule has 0 heterocycles. The molecule has 2 atom stereocenters. The molecule has 34 heavy (non-hydrogen) atoms. The maximum atomic E-state index is 13.1. The Bertz CT molecular complexity index is 1060. The fourth-order valence-corrected chi connectivity index (χ4v) is 4.93. The van der Waals surface area contributed by atoms with Crippen molar-refractivity contribution in [1.29, 1.82) is 0 Å². The van der Waals surface area contributed by atoms with Crippen molar-refractivity contribution in [2.75, 3.05) is 38.0 Å². The second-order valence-electron chi connectivity index (χ2n) is 9.72. The maximum absolute atomic E-state index is 13.1. The van der Waals surface area contributed by atoms with Crippen LogP contribution in [0.2, 0.25) is 0 Å². The molecule has 0 N–H and O–H groups in total. The van der Waals surface area contributed by atoms with Crippen LogP contribution in [-0.4, -0.2) is 34.0 Å². The van der Waals surface area contributed by atoms with Gasteiger partial charge in [0.15, 0.2) is 0 Å². The molecule has 0 radical (unpaired) electrons. The molecule has 0 amide bonds. The zero-order chi connectivity index (χ0) is 24.1. The number of hydrogen-bond donors (Lipinski definition) is 0. The molecule has 3 aromatic rings. The van der Waals surface area contributed by atoms with Crippen molar-refractivity contribution < 1.29 is 4.79 Å². The van der Waals surface area contributed by atoms with E-state index in [0.29, 0.717) is 12.2 Å². The van der Waals surface area contributed by atoms with E-state index in [1.165, 1.54) is 33.6 Å². The van der Waals surface area contributed by atoms with Gasteiger partial charge in [0.1, 0.15) is 5.78 Å². The normalized spacial score (nSPS) is 16.6. The predicted molar refractivity (Wildman–Crippen MR) is 145 cm³/mol. The van der Waals surface area contributed by atoms with Crippen molar-refractivity contribution in [3.8, 4) is 0 Å². The summed E-state index contributed by atoms with van der Waals surface area (Å²) in [6, 6.07) is 28.0. The number of ketones is 1. The lowest BCUT2D eigenvalue weighted by Gasteiger charge is -2.28. The number of rotatable bonds is 7. The van der Waals surface area contributed by atoms with Crippen LogP contribution in [0.5, 0.6) is 0 Å². The van der Waals surface area contributed by atoms with Gasteiger partial charge in [-0.25, -0.2) is 0 Å². The summed E-state index contributed by atoms with van der Waals surface area (Å²) in [5.41, 5.74) is 7.10. The van der Waals surface area contributed by atoms with Crippen LogP contribution in [0.3, 0.4) is 0 Å². The van der Waals surface area contributed by atoms with Crippen molar-refractivity contribution in [3.05, 3.63) is 102 Å². The standard InChI is InChI=1S/C31H36N2O/c1-32(2)26-18-14-24(15-19-26)29(25-16-20-27(21-17-25)33(3)4)22-30(23-10-6-5-7-11-23)28-12-8-9-13-31(28)34/h5-7,10-11,14-22,28,30H,8-9,12-13H2,1-4H3. The Balaban J connectivity index is 1.85. The summed E-state index contributed by atoms with van der Waals surface area (Å²) >= 11 is 0. The lowest BCUT2D eigenvalue weighted by atomic mass is 9.74. The zero-order valence-electron chi connectivity index (χ0n) is 20.9. The van der Waals surface area contributed by atoms with Crippen molar-refractivity contribution in [2.24, 2.45) is 5.92 Å². The summed E-state index contributed by atoms with van der Waals surface area (Å²) in [7, 11) is 8.25. The van der Waals surface area contributed by atoms with Gasteiger partial charge in [0.2, 0.25) is 0 Å². The molecule has 3 nitrogen and oxygen atoms in total. The van der Waals surface area contributed by atoms with Crippen LogP contribution in [0.1, 0.15) is 48.3 Å². The molecule has 1 aliphatic carbocycles. The molecule has 2 unspecified atom stereocenters. The second kappa shape index (κ2) is 10.7. The van der Waals surface area contributed by atoms with Crippen molar-refractivity contribution in [1.82, 2.24) is 0 Å². The Morgan fingerprint density at radius 3 is 1.76 bits per heavy atom. The second-order valence-corrected chi connectivity index (χ2v) is 9.72. The number of carbonyl (C=O) groups excluding carboxylic acids is 1. The van der Waals surface area contributed by atoms with Crippen LogP contribution in [0, 0.1) is 5.92 Å². The van der Waals surface area contributed by atoms with Gasteiger partial charge in [-0.1, -0.05) is 67.1 Å². The van der Waals surface area contributed by atoms with E-state index in [1.807, 2.05) is 6.07 Å². The predicted octanol–water partition coefficient (Wildman–Crippen LogP) is 6.79. The van der Waals surface area contributed by atoms with E-state index in [1.54, 1.807) is 0 Å². The molecule has 1 saturated carbocycles. The van der Waals surface area contributed by atoms with Gasteiger partial charge in [0, 0.05) is 57.8 Å². The fraction of sp³-hybridized carbons (Fsp3) is 0.323. The van der Waals surface area contributed by atoms with E-state index in [9.17, 15) is 4.79 Å². The summed E-state index contributed by atoms with van der Waals surface area (Å²) in [6.45, 7) is 0. The van der Waals surface area contributed by atoms with E-state index in [0.717, 1.165) is 19.3 Å². The average molecular weight is 453 g/mol. The topological polar surface area (TPSA) is 23.6 Å². The Labute approximate surface area is 204 Å². The molecule has 1 aliphatic rings. The highest BCUT2D eigenvalue weighted by atomic mass is 16.1. The number of nitrogens with zero attached hydrogens (tertiary/aromatic N) is 2. The minimum atomic E-state index is 0.0354. The van der Waals surface area contributed by atoms with Crippen LogP contribution < -0.4 is 9.80 Å². The van der Waals surface area contributed by atoms with Gasteiger partial charge in [0.05, 0.1) is 0 Å². The number of carbonyl (C=O) groups is 1. The first kappa shape index (κ1) is 23.8. The summed E-state index contributed by atoms with van der Waals surface area (Å²) in [5.74, 6) is 0.501.